The lowest BCUT2D eigenvalue weighted by atomic mass is 10.1. The molecule has 0 radical (unpaired) electrons. The van der Waals surface area contributed by atoms with Crippen molar-refractivity contribution in [2.45, 2.75) is 6.92 Å². The zero-order valence-electron chi connectivity index (χ0n) is 10.9. The summed E-state index contributed by atoms with van der Waals surface area (Å²) in [4.78, 5) is 21.9. The quantitative estimate of drug-likeness (QED) is 0.665. The average Bonchev–Trinajstić information content (AvgIpc) is 2.73. The predicted molar refractivity (Wildman–Crippen MR) is 80.5 cm³/mol. The van der Waals surface area contributed by atoms with E-state index >= 15 is 0 Å². The van der Waals surface area contributed by atoms with E-state index < -0.39 is 0 Å². The topological polar surface area (TPSA) is 66.9 Å². The molecule has 0 spiro atoms. The minimum atomic E-state index is -0.0139. The lowest BCUT2D eigenvalue weighted by Gasteiger charge is -2.04. The second-order valence-corrected chi connectivity index (χ2v) is 5.86. The number of fused-ring (bicyclic) bond motifs is 5. The molecule has 0 atom stereocenters. The Hall–Kier alpha value is -2.21. The molecule has 1 aromatic carbocycles. The maximum Gasteiger partial charge on any atom is 0.263 e. The van der Waals surface area contributed by atoms with Gasteiger partial charge in [0.15, 0.2) is 0 Å². The van der Waals surface area contributed by atoms with Gasteiger partial charge in [0.25, 0.3) is 5.91 Å². The Kier molecular flexibility index (Phi) is 2.40. The van der Waals surface area contributed by atoms with Crippen molar-refractivity contribution >= 4 is 44.1 Å². The van der Waals surface area contributed by atoms with Crippen molar-refractivity contribution in [1.29, 1.82) is 0 Å². The molecule has 0 unspecified atom stereocenters. The number of carbonyl (C=O) groups is 1. The molecule has 0 bridgehead atoms. The van der Waals surface area contributed by atoms with Gasteiger partial charge in [-0.1, -0.05) is 0 Å². The number of aromatic nitrogens is 2. The van der Waals surface area contributed by atoms with Gasteiger partial charge < -0.3 is 10.6 Å². The van der Waals surface area contributed by atoms with Crippen molar-refractivity contribution in [2.75, 3.05) is 18.4 Å². The number of anilines is 1. The lowest BCUT2D eigenvalue weighted by Crippen LogP contribution is -2.24. The third-order valence-corrected chi connectivity index (χ3v) is 4.56. The summed E-state index contributed by atoms with van der Waals surface area (Å²) in [5.74, 6) is -0.0139. The van der Waals surface area contributed by atoms with Gasteiger partial charge in [-0.3, -0.25) is 9.78 Å². The first-order valence-corrected chi connectivity index (χ1v) is 7.26. The molecule has 5 nitrogen and oxygen atoms in total. The van der Waals surface area contributed by atoms with Gasteiger partial charge in [-0.05, 0) is 19.1 Å². The van der Waals surface area contributed by atoms with Crippen LogP contribution in [0.4, 0.5) is 5.69 Å². The van der Waals surface area contributed by atoms with Crippen LogP contribution >= 0.6 is 11.3 Å². The second kappa shape index (κ2) is 4.14. The Balaban J connectivity index is 2.16. The molecular formula is C14H12N4OS. The molecule has 1 aliphatic heterocycles. The van der Waals surface area contributed by atoms with E-state index in [1.165, 1.54) is 11.3 Å². The SMILES string of the molecule is Cc1cnc2ccc3sc4c(c3c2n1)NCCNC4=O. The van der Waals surface area contributed by atoms with Crippen LogP contribution in [0.25, 0.3) is 21.1 Å². The summed E-state index contributed by atoms with van der Waals surface area (Å²) in [6, 6.07) is 3.97. The number of aryl methyl sites for hydroxylation is 1. The number of thiophene rings is 1. The highest BCUT2D eigenvalue weighted by atomic mass is 32.1. The normalized spacial score (nSPS) is 14.8. The summed E-state index contributed by atoms with van der Waals surface area (Å²) in [6.45, 7) is 3.29. The highest BCUT2D eigenvalue weighted by Gasteiger charge is 2.22. The number of amides is 1. The standard InChI is InChI=1S/C14H12N4OS/c1-7-6-17-8-2-3-9-10(11(8)18-7)12-13(20-9)14(19)16-5-4-15-12/h2-3,6,15H,4-5H2,1H3,(H,16,19). The molecule has 0 saturated heterocycles. The maximum absolute atomic E-state index is 12.1. The lowest BCUT2D eigenvalue weighted by molar-refractivity contribution is 0.0962. The first-order valence-electron chi connectivity index (χ1n) is 6.45. The number of hydrogen-bond acceptors (Lipinski definition) is 5. The van der Waals surface area contributed by atoms with E-state index in [1.807, 2.05) is 19.1 Å². The van der Waals surface area contributed by atoms with Gasteiger partial charge in [-0.2, -0.15) is 0 Å². The molecule has 20 heavy (non-hydrogen) atoms. The summed E-state index contributed by atoms with van der Waals surface area (Å²) in [7, 11) is 0. The Bertz CT molecular complexity index is 855. The summed E-state index contributed by atoms with van der Waals surface area (Å²) in [5.41, 5.74) is 3.49. The van der Waals surface area contributed by atoms with Gasteiger partial charge in [0.05, 0.1) is 22.4 Å². The summed E-state index contributed by atoms with van der Waals surface area (Å²) >= 11 is 1.50. The van der Waals surface area contributed by atoms with Crippen molar-refractivity contribution in [3.05, 3.63) is 28.9 Å². The Labute approximate surface area is 119 Å². The fourth-order valence-electron chi connectivity index (χ4n) is 2.52. The van der Waals surface area contributed by atoms with Crippen molar-refractivity contribution in [1.82, 2.24) is 15.3 Å². The van der Waals surface area contributed by atoms with Crippen LogP contribution < -0.4 is 10.6 Å². The number of nitrogens with one attached hydrogen (secondary N) is 2. The molecule has 0 fully saturated rings. The van der Waals surface area contributed by atoms with Crippen molar-refractivity contribution < 1.29 is 4.79 Å². The number of nitrogens with zero attached hydrogens (tertiary/aromatic N) is 2. The van der Waals surface area contributed by atoms with Gasteiger partial charge in [0.1, 0.15) is 4.88 Å². The Morgan fingerprint density at radius 2 is 2.10 bits per heavy atom. The number of hydrogen-bond donors (Lipinski definition) is 2. The second-order valence-electron chi connectivity index (χ2n) is 4.81. The summed E-state index contributed by atoms with van der Waals surface area (Å²) < 4.78 is 1.06. The van der Waals surface area contributed by atoms with Crippen molar-refractivity contribution in [3.8, 4) is 0 Å². The predicted octanol–water partition coefficient (Wildman–Crippen LogP) is 2.31. The van der Waals surface area contributed by atoms with Gasteiger partial charge in [-0.15, -0.1) is 11.3 Å². The van der Waals surface area contributed by atoms with Crippen LogP contribution in [0.2, 0.25) is 0 Å². The fraction of sp³-hybridized carbons (Fsp3) is 0.214. The van der Waals surface area contributed by atoms with E-state index in [0.29, 0.717) is 6.54 Å². The molecule has 2 aromatic heterocycles. The van der Waals surface area contributed by atoms with Crippen LogP contribution in [-0.2, 0) is 0 Å². The minimum absolute atomic E-state index is 0.0139. The van der Waals surface area contributed by atoms with Gasteiger partial charge in [-0.25, -0.2) is 4.98 Å². The number of carbonyl (C=O) groups excluding carboxylic acids is 1. The zero-order chi connectivity index (χ0) is 13.7. The third kappa shape index (κ3) is 1.58. The van der Waals surface area contributed by atoms with E-state index in [4.69, 9.17) is 0 Å². The summed E-state index contributed by atoms with van der Waals surface area (Å²) in [6.07, 6.45) is 1.76. The van der Waals surface area contributed by atoms with E-state index in [2.05, 4.69) is 20.6 Å². The first-order chi connectivity index (χ1) is 9.74. The number of benzene rings is 1. The molecule has 0 saturated carbocycles. The van der Waals surface area contributed by atoms with Crippen molar-refractivity contribution in [2.24, 2.45) is 0 Å². The molecule has 100 valence electrons. The highest BCUT2D eigenvalue weighted by Crippen LogP contribution is 2.39. The molecular weight excluding hydrogens is 272 g/mol. The first kappa shape index (κ1) is 11.6. The molecule has 1 amide bonds. The van der Waals surface area contributed by atoms with E-state index in [0.717, 1.165) is 43.9 Å². The molecule has 4 rings (SSSR count). The highest BCUT2D eigenvalue weighted by molar-refractivity contribution is 7.21. The molecule has 3 aromatic rings. The largest absolute Gasteiger partial charge is 0.381 e. The van der Waals surface area contributed by atoms with Crippen LogP contribution in [0, 0.1) is 6.92 Å². The van der Waals surface area contributed by atoms with E-state index in [9.17, 15) is 4.79 Å². The minimum Gasteiger partial charge on any atom is -0.381 e. The Morgan fingerprint density at radius 3 is 3.00 bits per heavy atom. The van der Waals surface area contributed by atoms with Crippen molar-refractivity contribution in [3.63, 3.8) is 0 Å². The molecule has 3 heterocycles. The van der Waals surface area contributed by atoms with Crippen LogP contribution in [0.1, 0.15) is 15.4 Å². The number of rotatable bonds is 0. The summed E-state index contributed by atoms with van der Waals surface area (Å²) in [5, 5.41) is 7.25. The zero-order valence-corrected chi connectivity index (χ0v) is 11.7. The van der Waals surface area contributed by atoms with Crippen LogP contribution in [0.15, 0.2) is 18.3 Å². The maximum atomic E-state index is 12.1. The van der Waals surface area contributed by atoms with Gasteiger partial charge in [0, 0.05) is 29.4 Å². The van der Waals surface area contributed by atoms with Gasteiger partial charge in [0.2, 0.25) is 0 Å². The Morgan fingerprint density at radius 1 is 1.25 bits per heavy atom. The molecule has 6 heteroatoms. The van der Waals surface area contributed by atoms with Crippen LogP contribution in [0.5, 0.6) is 0 Å². The smallest absolute Gasteiger partial charge is 0.263 e. The van der Waals surface area contributed by atoms with Gasteiger partial charge >= 0.3 is 0 Å². The molecule has 1 aliphatic rings. The van der Waals surface area contributed by atoms with E-state index in [-0.39, 0.29) is 5.91 Å². The fourth-order valence-corrected chi connectivity index (χ4v) is 3.62. The monoisotopic (exact) mass is 284 g/mol. The van der Waals surface area contributed by atoms with Crippen LogP contribution in [-0.4, -0.2) is 29.0 Å². The average molecular weight is 284 g/mol. The molecule has 2 N–H and O–H groups in total. The third-order valence-electron chi connectivity index (χ3n) is 3.40. The van der Waals surface area contributed by atoms with E-state index in [1.54, 1.807) is 6.20 Å². The molecule has 0 aliphatic carbocycles. The van der Waals surface area contributed by atoms with Crippen LogP contribution in [0.3, 0.4) is 0 Å².